The molecule has 1 aromatic carbocycles. The number of aryl methyl sites for hydroxylation is 2. The largest absolute Gasteiger partial charge is 0.325 e. The fourth-order valence-corrected chi connectivity index (χ4v) is 2.99. The summed E-state index contributed by atoms with van der Waals surface area (Å²) in [6.45, 7) is 3.70. The lowest BCUT2D eigenvalue weighted by atomic mass is 9.84. The third-order valence-corrected chi connectivity index (χ3v) is 4.72. The molecule has 1 aliphatic rings. The third kappa shape index (κ3) is 3.02. The Morgan fingerprint density at radius 3 is 2.50 bits per heavy atom. The topological polar surface area (TPSA) is 89.3 Å². The van der Waals surface area contributed by atoms with E-state index in [4.69, 9.17) is 5.14 Å². The molecule has 1 amide bonds. The first-order valence-electron chi connectivity index (χ1n) is 6.80. The van der Waals surface area contributed by atoms with Crippen LogP contribution in [0.2, 0.25) is 0 Å². The van der Waals surface area contributed by atoms with Gasteiger partial charge < -0.3 is 5.32 Å². The van der Waals surface area contributed by atoms with Gasteiger partial charge >= 0.3 is 0 Å². The summed E-state index contributed by atoms with van der Waals surface area (Å²) in [5.41, 5.74) is 2.24. The van der Waals surface area contributed by atoms with Gasteiger partial charge in [-0.2, -0.15) is 0 Å². The highest BCUT2D eigenvalue weighted by Crippen LogP contribution is 2.30. The highest BCUT2D eigenvalue weighted by atomic mass is 32.2. The van der Waals surface area contributed by atoms with Crippen molar-refractivity contribution >= 4 is 21.6 Å². The lowest BCUT2D eigenvalue weighted by Gasteiger charge is -2.25. The summed E-state index contributed by atoms with van der Waals surface area (Å²) < 4.78 is 22.9. The average molecular weight is 296 g/mol. The third-order valence-electron chi connectivity index (χ3n) is 3.82. The van der Waals surface area contributed by atoms with E-state index in [1.807, 2.05) is 6.92 Å². The summed E-state index contributed by atoms with van der Waals surface area (Å²) in [7, 11) is -3.73. The quantitative estimate of drug-likeness (QED) is 0.889. The van der Waals surface area contributed by atoms with Gasteiger partial charge in [-0.3, -0.25) is 4.79 Å². The van der Waals surface area contributed by atoms with Gasteiger partial charge in [-0.05, 0) is 49.4 Å². The summed E-state index contributed by atoms with van der Waals surface area (Å²) in [6.07, 6.45) is 3.59. The second-order valence-electron chi connectivity index (χ2n) is 5.29. The number of hydrogen-bond donors (Lipinski definition) is 2. The van der Waals surface area contributed by atoms with Crippen LogP contribution in [-0.2, 0) is 21.2 Å². The van der Waals surface area contributed by atoms with Crippen LogP contribution in [0.3, 0.4) is 0 Å². The van der Waals surface area contributed by atoms with E-state index in [1.165, 1.54) is 6.07 Å². The first-order valence-corrected chi connectivity index (χ1v) is 8.34. The molecule has 0 bridgehead atoms. The Bertz CT molecular complexity index is 634. The van der Waals surface area contributed by atoms with Crippen molar-refractivity contribution < 1.29 is 13.2 Å². The Morgan fingerprint density at radius 2 is 2.05 bits per heavy atom. The molecule has 0 unspecified atom stereocenters. The van der Waals surface area contributed by atoms with E-state index < -0.39 is 10.0 Å². The average Bonchev–Trinajstić information content (AvgIpc) is 2.27. The van der Waals surface area contributed by atoms with Gasteiger partial charge in [-0.1, -0.05) is 13.3 Å². The second-order valence-corrected chi connectivity index (χ2v) is 6.85. The molecule has 6 heteroatoms. The van der Waals surface area contributed by atoms with E-state index in [9.17, 15) is 13.2 Å². The maximum absolute atomic E-state index is 12.0. The van der Waals surface area contributed by atoms with Crippen LogP contribution in [0.25, 0.3) is 0 Å². The van der Waals surface area contributed by atoms with Crippen molar-refractivity contribution in [3.05, 3.63) is 23.3 Å². The summed E-state index contributed by atoms with van der Waals surface area (Å²) in [4.78, 5) is 12.1. The number of primary sulfonamides is 1. The van der Waals surface area contributed by atoms with Crippen LogP contribution in [-0.4, -0.2) is 14.3 Å². The van der Waals surface area contributed by atoms with Crippen molar-refractivity contribution in [2.45, 2.75) is 44.4 Å². The van der Waals surface area contributed by atoms with Crippen LogP contribution in [0.15, 0.2) is 17.0 Å². The van der Waals surface area contributed by atoms with Crippen LogP contribution in [0.4, 0.5) is 5.69 Å². The first kappa shape index (κ1) is 15.0. The number of benzene rings is 1. The summed E-state index contributed by atoms with van der Waals surface area (Å²) in [5, 5.41) is 8.10. The summed E-state index contributed by atoms with van der Waals surface area (Å²) in [6, 6.07) is 3.05. The zero-order chi connectivity index (χ0) is 14.9. The molecule has 3 N–H and O–H groups in total. The molecule has 0 radical (unpaired) electrons. The van der Waals surface area contributed by atoms with Gasteiger partial charge in [0.05, 0.1) is 4.90 Å². The molecule has 0 aliphatic heterocycles. The number of hydrogen-bond acceptors (Lipinski definition) is 3. The Labute approximate surface area is 119 Å². The lowest BCUT2D eigenvalue weighted by molar-refractivity contribution is -0.122. The Morgan fingerprint density at radius 1 is 1.40 bits per heavy atom. The molecule has 5 nitrogen and oxygen atoms in total. The van der Waals surface area contributed by atoms with E-state index in [-0.39, 0.29) is 16.7 Å². The number of amides is 1. The molecule has 0 atom stereocenters. The van der Waals surface area contributed by atoms with E-state index in [2.05, 4.69) is 5.32 Å². The fraction of sp³-hybridized carbons (Fsp3) is 0.500. The lowest BCUT2D eigenvalue weighted by Crippen LogP contribution is -2.28. The predicted octanol–water partition coefficient (Wildman–Crippen LogP) is 1.94. The Balaban J connectivity index is 2.35. The molecule has 0 spiro atoms. The Hall–Kier alpha value is -1.40. The normalized spacial score (nSPS) is 15.8. The van der Waals surface area contributed by atoms with Crippen LogP contribution < -0.4 is 10.5 Å². The minimum absolute atomic E-state index is 0.0254. The van der Waals surface area contributed by atoms with Crippen molar-refractivity contribution in [3.63, 3.8) is 0 Å². The van der Waals surface area contributed by atoms with Gasteiger partial charge in [-0.15, -0.1) is 0 Å². The highest BCUT2D eigenvalue weighted by molar-refractivity contribution is 7.89. The smallest absolute Gasteiger partial charge is 0.238 e. The Kier molecular flexibility index (Phi) is 4.15. The molecule has 2 rings (SSSR count). The number of nitrogens with two attached hydrogens (primary N) is 1. The monoisotopic (exact) mass is 296 g/mol. The zero-order valence-electron chi connectivity index (χ0n) is 11.8. The van der Waals surface area contributed by atoms with Gasteiger partial charge in [0.1, 0.15) is 0 Å². The van der Waals surface area contributed by atoms with Crippen LogP contribution >= 0.6 is 0 Å². The van der Waals surface area contributed by atoms with Gasteiger partial charge in [0.15, 0.2) is 0 Å². The second kappa shape index (κ2) is 5.54. The molecule has 1 aromatic rings. The fourth-order valence-electron chi connectivity index (χ4n) is 2.34. The van der Waals surface area contributed by atoms with Gasteiger partial charge in [0.25, 0.3) is 0 Å². The minimum Gasteiger partial charge on any atom is -0.325 e. The highest BCUT2D eigenvalue weighted by Gasteiger charge is 2.26. The molecule has 1 fully saturated rings. The van der Waals surface area contributed by atoms with Crippen molar-refractivity contribution in [2.24, 2.45) is 11.1 Å². The maximum atomic E-state index is 12.0. The van der Waals surface area contributed by atoms with E-state index >= 15 is 0 Å². The maximum Gasteiger partial charge on any atom is 0.238 e. The molecule has 0 aromatic heterocycles. The summed E-state index contributed by atoms with van der Waals surface area (Å²) in [5.74, 6) is 0.120. The van der Waals surface area contributed by atoms with Crippen molar-refractivity contribution in [2.75, 3.05) is 5.32 Å². The first-order chi connectivity index (χ1) is 9.32. The number of sulfonamides is 1. The van der Waals surface area contributed by atoms with Crippen LogP contribution in [0, 0.1) is 12.8 Å². The number of rotatable bonds is 4. The standard InChI is InChI=1S/C14H20N2O3S/c1-3-10-8-12(20(15,18)19)7-9(2)13(10)16-14(17)11-5-4-6-11/h7-8,11H,3-6H2,1-2H3,(H,16,17)(H2,15,18,19). The van der Waals surface area contributed by atoms with Gasteiger partial charge in [0, 0.05) is 11.6 Å². The van der Waals surface area contributed by atoms with Gasteiger partial charge in [-0.25, -0.2) is 13.6 Å². The number of nitrogens with one attached hydrogen (secondary N) is 1. The molecule has 20 heavy (non-hydrogen) atoms. The number of carbonyl (C=O) groups excluding carboxylic acids is 1. The molecular formula is C14H20N2O3S. The van der Waals surface area contributed by atoms with Crippen molar-refractivity contribution in [1.82, 2.24) is 0 Å². The van der Waals surface area contributed by atoms with Crippen LogP contribution in [0.5, 0.6) is 0 Å². The van der Waals surface area contributed by atoms with E-state index in [0.29, 0.717) is 6.42 Å². The molecule has 0 heterocycles. The van der Waals surface area contributed by atoms with Crippen molar-refractivity contribution in [3.8, 4) is 0 Å². The summed E-state index contributed by atoms with van der Waals surface area (Å²) >= 11 is 0. The number of carbonyl (C=O) groups is 1. The van der Waals surface area contributed by atoms with Crippen LogP contribution in [0.1, 0.15) is 37.3 Å². The SMILES string of the molecule is CCc1cc(S(N)(=O)=O)cc(C)c1NC(=O)C1CCC1. The molecule has 110 valence electrons. The molecular weight excluding hydrogens is 276 g/mol. The predicted molar refractivity (Wildman–Crippen MR) is 77.9 cm³/mol. The van der Waals surface area contributed by atoms with E-state index in [0.717, 1.165) is 36.1 Å². The molecule has 0 saturated heterocycles. The van der Waals surface area contributed by atoms with Crippen molar-refractivity contribution in [1.29, 1.82) is 0 Å². The molecule has 1 saturated carbocycles. The zero-order valence-corrected chi connectivity index (χ0v) is 12.6. The van der Waals surface area contributed by atoms with Gasteiger partial charge in [0.2, 0.25) is 15.9 Å². The molecule has 1 aliphatic carbocycles. The van der Waals surface area contributed by atoms with E-state index in [1.54, 1.807) is 13.0 Å². The minimum atomic E-state index is -3.73. The number of anilines is 1.